The zero-order valence-corrected chi connectivity index (χ0v) is 14.6. The minimum atomic E-state index is -0.132. The summed E-state index contributed by atoms with van der Waals surface area (Å²) in [5, 5.41) is 4.16. The lowest BCUT2D eigenvalue weighted by molar-refractivity contribution is 0.0946. The minimum absolute atomic E-state index is 0.00902. The van der Waals surface area contributed by atoms with Gasteiger partial charge in [-0.1, -0.05) is 54.4 Å². The number of halogens is 2. The SMILES string of the molecule is COCc1ccccc1C(=O)NCC(C)c1c(Cl)cccc1Cl. The molecule has 1 amide bonds. The van der Waals surface area contributed by atoms with Crippen LogP contribution in [0.5, 0.6) is 0 Å². The molecule has 2 aromatic carbocycles. The predicted octanol–water partition coefficient (Wildman–Crippen LogP) is 4.67. The molecule has 0 aliphatic heterocycles. The maximum absolute atomic E-state index is 12.4. The average Bonchev–Trinajstić information content (AvgIpc) is 2.53. The highest BCUT2D eigenvalue weighted by molar-refractivity contribution is 6.36. The molecule has 23 heavy (non-hydrogen) atoms. The Labute approximate surface area is 146 Å². The van der Waals surface area contributed by atoms with Gasteiger partial charge in [-0.05, 0) is 29.3 Å². The molecule has 2 rings (SSSR count). The third-order valence-electron chi connectivity index (χ3n) is 3.62. The zero-order valence-electron chi connectivity index (χ0n) is 13.1. The highest BCUT2D eigenvalue weighted by Crippen LogP contribution is 2.31. The van der Waals surface area contributed by atoms with E-state index in [0.717, 1.165) is 11.1 Å². The number of rotatable bonds is 6. The van der Waals surface area contributed by atoms with Crippen molar-refractivity contribution in [3.8, 4) is 0 Å². The van der Waals surface area contributed by atoms with Gasteiger partial charge in [0.2, 0.25) is 0 Å². The second-order valence-electron chi connectivity index (χ2n) is 5.34. The first-order valence-electron chi connectivity index (χ1n) is 7.33. The van der Waals surface area contributed by atoms with Crippen LogP contribution in [0.3, 0.4) is 0 Å². The summed E-state index contributed by atoms with van der Waals surface area (Å²) in [5.74, 6) is -0.123. The maximum atomic E-state index is 12.4. The van der Waals surface area contributed by atoms with Gasteiger partial charge in [0.25, 0.3) is 5.91 Å². The molecule has 1 unspecified atom stereocenters. The number of carbonyl (C=O) groups excluding carboxylic acids is 1. The van der Waals surface area contributed by atoms with Gasteiger partial charge >= 0.3 is 0 Å². The Balaban J connectivity index is 2.07. The molecule has 1 atom stereocenters. The van der Waals surface area contributed by atoms with Gasteiger partial charge < -0.3 is 10.1 Å². The van der Waals surface area contributed by atoms with Crippen LogP contribution in [0, 0.1) is 0 Å². The summed E-state index contributed by atoms with van der Waals surface area (Å²) < 4.78 is 5.13. The highest BCUT2D eigenvalue weighted by atomic mass is 35.5. The molecule has 0 fully saturated rings. The molecule has 0 aliphatic carbocycles. The Bertz CT molecular complexity index is 668. The first-order valence-corrected chi connectivity index (χ1v) is 8.09. The van der Waals surface area contributed by atoms with Crippen LogP contribution in [0.1, 0.15) is 34.3 Å². The molecule has 1 N–H and O–H groups in total. The summed E-state index contributed by atoms with van der Waals surface area (Å²) in [6.45, 7) is 2.83. The number of nitrogens with one attached hydrogen (secondary N) is 1. The normalized spacial score (nSPS) is 12.0. The zero-order chi connectivity index (χ0) is 16.8. The maximum Gasteiger partial charge on any atom is 0.251 e. The molecule has 0 radical (unpaired) electrons. The van der Waals surface area contributed by atoms with E-state index in [4.69, 9.17) is 27.9 Å². The van der Waals surface area contributed by atoms with E-state index >= 15 is 0 Å². The standard InChI is InChI=1S/C18H19Cl2NO2/c1-12(17-15(19)8-5-9-16(17)20)10-21-18(22)14-7-4-3-6-13(14)11-23-2/h3-9,12H,10-11H2,1-2H3,(H,21,22). The first kappa shape index (κ1) is 17.8. The smallest absolute Gasteiger partial charge is 0.251 e. The van der Waals surface area contributed by atoms with Crippen LogP contribution in [0.25, 0.3) is 0 Å². The third-order valence-corrected chi connectivity index (χ3v) is 4.28. The van der Waals surface area contributed by atoms with Crippen molar-refractivity contribution in [2.24, 2.45) is 0 Å². The lowest BCUT2D eigenvalue weighted by Crippen LogP contribution is -2.28. The molecular formula is C18H19Cl2NO2. The van der Waals surface area contributed by atoms with Crippen molar-refractivity contribution in [2.75, 3.05) is 13.7 Å². The highest BCUT2D eigenvalue weighted by Gasteiger charge is 2.16. The Morgan fingerprint density at radius 2 is 1.78 bits per heavy atom. The van der Waals surface area contributed by atoms with Crippen LogP contribution < -0.4 is 5.32 Å². The van der Waals surface area contributed by atoms with Crippen LogP contribution in [-0.2, 0) is 11.3 Å². The van der Waals surface area contributed by atoms with E-state index in [-0.39, 0.29) is 11.8 Å². The Morgan fingerprint density at radius 1 is 1.13 bits per heavy atom. The van der Waals surface area contributed by atoms with Gasteiger partial charge in [-0.3, -0.25) is 4.79 Å². The van der Waals surface area contributed by atoms with Crippen molar-refractivity contribution in [2.45, 2.75) is 19.4 Å². The number of ether oxygens (including phenoxy) is 1. The predicted molar refractivity (Wildman–Crippen MR) is 94.4 cm³/mol. The van der Waals surface area contributed by atoms with E-state index < -0.39 is 0 Å². The van der Waals surface area contributed by atoms with E-state index in [0.29, 0.717) is 28.8 Å². The minimum Gasteiger partial charge on any atom is -0.380 e. The van der Waals surface area contributed by atoms with Crippen LogP contribution in [0.2, 0.25) is 10.0 Å². The van der Waals surface area contributed by atoms with Gasteiger partial charge in [0, 0.05) is 35.2 Å². The van der Waals surface area contributed by atoms with Crippen LogP contribution in [-0.4, -0.2) is 19.6 Å². The summed E-state index contributed by atoms with van der Waals surface area (Å²) in [7, 11) is 1.61. The summed E-state index contributed by atoms with van der Waals surface area (Å²) in [5.41, 5.74) is 2.32. The number of benzene rings is 2. The molecular weight excluding hydrogens is 333 g/mol. The monoisotopic (exact) mass is 351 g/mol. The molecule has 0 aromatic heterocycles. The first-order chi connectivity index (χ1) is 11.0. The topological polar surface area (TPSA) is 38.3 Å². The van der Waals surface area contributed by atoms with E-state index in [1.807, 2.05) is 25.1 Å². The lowest BCUT2D eigenvalue weighted by atomic mass is 10.0. The van der Waals surface area contributed by atoms with Gasteiger partial charge in [-0.2, -0.15) is 0 Å². The molecule has 3 nitrogen and oxygen atoms in total. The number of methoxy groups -OCH3 is 1. The van der Waals surface area contributed by atoms with Crippen molar-refractivity contribution in [3.05, 3.63) is 69.2 Å². The molecule has 2 aromatic rings. The summed E-state index contributed by atoms with van der Waals surface area (Å²) in [6.07, 6.45) is 0. The second kappa shape index (κ2) is 8.34. The molecule has 122 valence electrons. The van der Waals surface area contributed by atoms with Crippen LogP contribution in [0.4, 0.5) is 0 Å². The van der Waals surface area contributed by atoms with Crippen LogP contribution in [0.15, 0.2) is 42.5 Å². The average molecular weight is 352 g/mol. The fourth-order valence-electron chi connectivity index (χ4n) is 2.45. The summed E-state index contributed by atoms with van der Waals surface area (Å²) in [6, 6.07) is 12.8. The molecule has 0 saturated carbocycles. The van der Waals surface area contributed by atoms with Crippen LogP contribution >= 0.6 is 23.2 Å². The van der Waals surface area contributed by atoms with Crippen molar-refractivity contribution in [3.63, 3.8) is 0 Å². The van der Waals surface area contributed by atoms with Crippen molar-refractivity contribution in [1.29, 1.82) is 0 Å². The number of hydrogen-bond acceptors (Lipinski definition) is 2. The Hall–Kier alpha value is -1.55. The number of hydrogen-bond donors (Lipinski definition) is 1. The summed E-state index contributed by atoms with van der Waals surface area (Å²) in [4.78, 5) is 12.4. The molecule has 0 bridgehead atoms. The molecule has 0 heterocycles. The van der Waals surface area contributed by atoms with Gasteiger partial charge in [0.1, 0.15) is 0 Å². The van der Waals surface area contributed by atoms with Crippen molar-refractivity contribution in [1.82, 2.24) is 5.32 Å². The van der Waals surface area contributed by atoms with Gasteiger partial charge in [0.15, 0.2) is 0 Å². The molecule has 5 heteroatoms. The van der Waals surface area contributed by atoms with E-state index in [9.17, 15) is 4.79 Å². The molecule has 0 saturated heterocycles. The fraction of sp³-hybridized carbons (Fsp3) is 0.278. The Kier molecular flexibility index (Phi) is 6.46. The lowest BCUT2D eigenvalue weighted by Gasteiger charge is -2.17. The fourth-order valence-corrected chi connectivity index (χ4v) is 3.22. The van der Waals surface area contributed by atoms with E-state index in [1.165, 1.54) is 0 Å². The quantitative estimate of drug-likeness (QED) is 0.820. The van der Waals surface area contributed by atoms with Crippen molar-refractivity contribution >= 4 is 29.1 Å². The van der Waals surface area contributed by atoms with Gasteiger partial charge in [0.05, 0.1) is 6.61 Å². The largest absolute Gasteiger partial charge is 0.380 e. The van der Waals surface area contributed by atoms with E-state index in [2.05, 4.69) is 5.32 Å². The van der Waals surface area contributed by atoms with Gasteiger partial charge in [-0.25, -0.2) is 0 Å². The summed E-state index contributed by atoms with van der Waals surface area (Å²) >= 11 is 12.4. The Morgan fingerprint density at radius 3 is 2.43 bits per heavy atom. The van der Waals surface area contributed by atoms with E-state index in [1.54, 1.807) is 31.4 Å². The molecule has 0 aliphatic rings. The number of amides is 1. The van der Waals surface area contributed by atoms with Gasteiger partial charge in [-0.15, -0.1) is 0 Å². The number of carbonyl (C=O) groups is 1. The van der Waals surface area contributed by atoms with Crippen molar-refractivity contribution < 1.29 is 9.53 Å². The third kappa shape index (κ3) is 4.47. The molecule has 0 spiro atoms. The second-order valence-corrected chi connectivity index (χ2v) is 6.15.